The van der Waals surface area contributed by atoms with Gasteiger partial charge in [0.25, 0.3) is 0 Å². The van der Waals surface area contributed by atoms with Crippen molar-refractivity contribution < 1.29 is 0 Å². The molecule has 2 aliphatic rings. The quantitative estimate of drug-likeness (QED) is 0.909. The molecule has 2 atom stereocenters. The summed E-state index contributed by atoms with van der Waals surface area (Å²) in [7, 11) is 0. The molecule has 1 aromatic heterocycles. The van der Waals surface area contributed by atoms with Gasteiger partial charge in [-0.2, -0.15) is 0 Å². The predicted octanol–water partition coefficient (Wildman–Crippen LogP) is 4.46. The van der Waals surface area contributed by atoms with Crippen LogP contribution in [0.25, 0.3) is 10.4 Å². The molecule has 2 unspecified atom stereocenters. The van der Waals surface area contributed by atoms with Crippen LogP contribution in [0.5, 0.6) is 0 Å². The van der Waals surface area contributed by atoms with Crippen LogP contribution < -0.4 is 5.73 Å². The third-order valence-electron chi connectivity index (χ3n) is 5.16. The van der Waals surface area contributed by atoms with Crippen molar-refractivity contribution in [3.05, 3.63) is 40.0 Å². The fourth-order valence-corrected chi connectivity index (χ4v) is 5.24. The van der Waals surface area contributed by atoms with Crippen molar-refractivity contribution in [3.8, 4) is 10.4 Å². The van der Waals surface area contributed by atoms with Gasteiger partial charge in [0, 0.05) is 6.04 Å². The van der Waals surface area contributed by atoms with E-state index in [1.165, 1.54) is 51.5 Å². The largest absolute Gasteiger partial charge is 0.328 e. The van der Waals surface area contributed by atoms with Crippen LogP contribution in [0, 0.1) is 0 Å². The number of hydrogen-bond acceptors (Lipinski definition) is 3. The summed E-state index contributed by atoms with van der Waals surface area (Å²) in [6.45, 7) is 2.23. The first-order valence-corrected chi connectivity index (χ1v) is 9.43. The summed E-state index contributed by atoms with van der Waals surface area (Å²) in [6, 6.07) is 7.56. The molecule has 0 aliphatic heterocycles. The van der Waals surface area contributed by atoms with Crippen molar-refractivity contribution in [3.63, 3.8) is 0 Å². The second-order valence-electron chi connectivity index (χ2n) is 6.82. The second-order valence-corrected chi connectivity index (χ2v) is 7.90. The average Bonchev–Trinajstić information content (AvgIpc) is 3.13. The van der Waals surface area contributed by atoms with Gasteiger partial charge in [0.05, 0.1) is 15.6 Å². The van der Waals surface area contributed by atoms with Crippen molar-refractivity contribution >= 4 is 11.3 Å². The molecule has 2 aliphatic carbocycles. The zero-order valence-corrected chi connectivity index (χ0v) is 14.1. The Bertz CT molecular complexity index is 689. The Morgan fingerprint density at radius 1 is 1.27 bits per heavy atom. The molecule has 1 aromatic carbocycles. The lowest BCUT2D eigenvalue weighted by Crippen LogP contribution is -2.14. The van der Waals surface area contributed by atoms with Crippen LogP contribution in [-0.4, -0.2) is 11.0 Å². The molecule has 0 amide bonds. The van der Waals surface area contributed by atoms with Crippen LogP contribution in [0.15, 0.2) is 18.2 Å². The summed E-state index contributed by atoms with van der Waals surface area (Å²) in [5.74, 6) is 0.679. The fourth-order valence-electron chi connectivity index (χ4n) is 3.97. The summed E-state index contributed by atoms with van der Waals surface area (Å²) in [6.07, 6.45) is 8.14. The minimum absolute atomic E-state index is 0.408. The summed E-state index contributed by atoms with van der Waals surface area (Å²) in [5, 5.41) is 1.31. The Kier molecular flexibility index (Phi) is 3.79. The van der Waals surface area contributed by atoms with E-state index in [-0.39, 0.29) is 0 Å². The van der Waals surface area contributed by atoms with Gasteiger partial charge in [0.2, 0.25) is 0 Å². The molecule has 2 aromatic rings. The van der Waals surface area contributed by atoms with Crippen LogP contribution in [-0.2, 0) is 19.3 Å². The van der Waals surface area contributed by atoms with E-state index in [1.54, 1.807) is 0 Å². The number of hydrogen-bond donors (Lipinski definition) is 1. The van der Waals surface area contributed by atoms with Gasteiger partial charge in [-0.15, -0.1) is 11.3 Å². The summed E-state index contributed by atoms with van der Waals surface area (Å²) in [4.78, 5) is 6.28. The lowest BCUT2D eigenvalue weighted by molar-refractivity contribution is 0.674. The van der Waals surface area contributed by atoms with Crippen molar-refractivity contribution in [1.29, 1.82) is 0 Å². The molecule has 3 heteroatoms. The Morgan fingerprint density at radius 2 is 2.18 bits per heavy atom. The third kappa shape index (κ3) is 2.50. The highest BCUT2D eigenvalue weighted by atomic mass is 32.1. The zero-order valence-electron chi connectivity index (χ0n) is 13.3. The van der Waals surface area contributed by atoms with E-state index < -0.39 is 0 Å². The van der Waals surface area contributed by atoms with Gasteiger partial charge in [-0.05, 0) is 67.6 Å². The van der Waals surface area contributed by atoms with Gasteiger partial charge >= 0.3 is 0 Å². The molecule has 22 heavy (non-hydrogen) atoms. The molecule has 0 radical (unpaired) electrons. The van der Waals surface area contributed by atoms with Crippen LogP contribution in [0.1, 0.15) is 60.4 Å². The normalized spacial score (nSPS) is 23.4. The Labute approximate surface area is 136 Å². The number of rotatable bonds is 3. The summed E-state index contributed by atoms with van der Waals surface area (Å²) >= 11 is 1.91. The van der Waals surface area contributed by atoms with Gasteiger partial charge in [0.1, 0.15) is 0 Å². The number of nitrogens with two attached hydrogens (primary N) is 1. The van der Waals surface area contributed by atoms with Crippen molar-refractivity contribution in [2.45, 2.75) is 63.8 Å². The van der Waals surface area contributed by atoms with Gasteiger partial charge in [-0.1, -0.05) is 25.1 Å². The molecular weight excluding hydrogens is 288 g/mol. The van der Waals surface area contributed by atoms with E-state index in [9.17, 15) is 0 Å². The van der Waals surface area contributed by atoms with E-state index in [0.29, 0.717) is 12.0 Å². The number of benzene rings is 1. The third-order valence-corrected chi connectivity index (χ3v) is 6.35. The topological polar surface area (TPSA) is 38.9 Å². The van der Waals surface area contributed by atoms with Gasteiger partial charge in [0.15, 0.2) is 0 Å². The highest BCUT2D eigenvalue weighted by Crippen LogP contribution is 2.41. The monoisotopic (exact) mass is 312 g/mol. The van der Waals surface area contributed by atoms with Crippen LogP contribution in [0.4, 0.5) is 0 Å². The Hall–Kier alpha value is -1.19. The number of aryl methyl sites for hydroxylation is 3. The second kappa shape index (κ2) is 5.78. The van der Waals surface area contributed by atoms with Gasteiger partial charge in [-0.25, -0.2) is 4.98 Å². The molecule has 1 heterocycles. The molecule has 4 rings (SSSR count). The zero-order chi connectivity index (χ0) is 15.1. The lowest BCUT2D eigenvalue weighted by Gasteiger charge is -2.18. The Balaban J connectivity index is 1.67. The van der Waals surface area contributed by atoms with Gasteiger partial charge in [-0.3, -0.25) is 0 Å². The highest BCUT2D eigenvalue weighted by Gasteiger charge is 2.26. The van der Waals surface area contributed by atoms with E-state index in [4.69, 9.17) is 10.7 Å². The molecule has 116 valence electrons. The first-order valence-electron chi connectivity index (χ1n) is 8.62. The molecule has 0 bridgehead atoms. The van der Waals surface area contributed by atoms with Crippen LogP contribution >= 0.6 is 11.3 Å². The van der Waals surface area contributed by atoms with Crippen LogP contribution in [0.2, 0.25) is 0 Å². The molecule has 0 saturated heterocycles. The molecule has 2 N–H and O–H groups in total. The van der Waals surface area contributed by atoms with Crippen molar-refractivity contribution in [2.24, 2.45) is 5.73 Å². The number of aromatic nitrogens is 1. The molecule has 0 spiro atoms. The van der Waals surface area contributed by atoms with E-state index in [2.05, 4.69) is 25.1 Å². The number of thiazole rings is 1. The molecule has 1 saturated carbocycles. The predicted molar refractivity (Wildman–Crippen MR) is 93.5 cm³/mol. The fraction of sp³-hybridized carbons (Fsp3) is 0.526. The SMILES string of the molecule is CCCc1nc2c(s1)-c1ccc(C3CCC(N)C3)cc1CC2. The Morgan fingerprint density at radius 3 is 2.95 bits per heavy atom. The summed E-state index contributed by atoms with van der Waals surface area (Å²) in [5.41, 5.74) is 11.9. The van der Waals surface area contributed by atoms with E-state index >= 15 is 0 Å². The van der Waals surface area contributed by atoms with Crippen molar-refractivity contribution in [2.75, 3.05) is 0 Å². The number of nitrogens with zero attached hydrogens (tertiary/aromatic N) is 1. The first-order chi connectivity index (χ1) is 10.7. The maximum Gasteiger partial charge on any atom is 0.0934 e. The van der Waals surface area contributed by atoms with E-state index in [1.807, 2.05) is 11.3 Å². The summed E-state index contributed by atoms with van der Waals surface area (Å²) < 4.78 is 0. The number of fused-ring (bicyclic) bond motifs is 3. The molecule has 2 nitrogen and oxygen atoms in total. The van der Waals surface area contributed by atoms with Gasteiger partial charge < -0.3 is 5.73 Å². The molecule has 1 fully saturated rings. The highest BCUT2D eigenvalue weighted by molar-refractivity contribution is 7.15. The average molecular weight is 312 g/mol. The smallest absolute Gasteiger partial charge is 0.0934 e. The maximum absolute atomic E-state index is 6.09. The minimum atomic E-state index is 0.408. The van der Waals surface area contributed by atoms with Crippen LogP contribution in [0.3, 0.4) is 0 Å². The first kappa shape index (κ1) is 14.4. The van der Waals surface area contributed by atoms with E-state index in [0.717, 1.165) is 25.7 Å². The lowest BCUT2D eigenvalue weighted by atomic mass is 9.88. The molecular formula is C19H24N2S. The maximum atomic E-state index is 6.09. The van der Waals surface area contributed by atoms with Crippen molar-refractivity contribution in [1.82, 2.24) is 4.98 Å². The minimum Gasteiger partial charge on any atom is -0.328 e. The standard InChI is InChI=1S/C19H24N2S/c1-2-3-18-21-17-9-6-14-10-12(13-4-7-15(20)11-13)5-8-16(14)19(17)22-18/h5,8,10,13,15H,2-4,6-7,9,11,20H2,1H3.